The van der Waals surface area contributed by atoms with Crippen LogP contribution >= 0.6 is 61.1 Å². The van der Waals surface area contributed by atoms with Crippen LogP contribution in [0.3, 0.4) is 0 Å². The number of carbonyl (C=O) groups is 1. The van der Waals surface area contributed by atoms with Crippen LogP contribution in [-0.2, 0) is 11.2 Å². The molecule has 0 saturated carbocycles. The molecule has 0 fully saturated rings. The number of hydrogen-bond acceptors (Lipinski definition) is 3. The molecule has 0 saturated heterocycles. The maximum absolute atomic E-state index is 12.2. The number of fused-ring (bicyclic) bond motifs is 1. The van der Waals surface area contributed by atoms with Gasteiger partial charge in [0.25, 0.3) is 0 Å². The van der Waals surface area contributed by atoms with E-state index in [1.165, 1.54) is 0 Å². The van der Waals surface area contributed by atoms with Gasteiger partial charge in [-0.1, -0.05) is 46.3 Å². The minimum atomic E-state index is -0.183. The molecule has 2 N–H and O–H groups in total. The zero-order valence-corrected chi connectivity index (χ0v) is 19.2. The van der Waals surface area contributed by atoms with Crippen LogP contribution in [0.5, 0.6) is 5.75 Å². The number of benzene rings is 3. The minimum Gasteiger partial charge on any atom is -0.506 e. The largest absolute Gasteiger partial charge is 0.506 e. The number of phenols is 1. The number of amides is 1. The highest BCUT2D eigenvalue weighted by molar-refractivity contribution is 14.1. The molecule has 0 unspecified atom stereocenters. The summed E-state index contributed by atoms with van der Waals surface area (Å²) in [5.41, 5.74) is 4.32. The quantitative estimate of drug-likeness (QED) is 0.235. The van der Waals surface area contributed by atoms with E-state index < -0.39 is 0 Å². The molecule has 1 amide bonds. The van der Waals surface area contributed by atoms with Crippen molar-refractivity contribution in [2.24, 2.45) is 5.10 Å². The Morgan fingerprint density at radius 3 is 2.46 bits per heavy atom. The van der Waals surface area contributed by atoms with Crippen molar-refractivity contribution in [2.45, 2.75) is 6.42 Å². The number of rotatable bonds is 4. The number of phenolic OH excluding ortho intramolecular Hbond substituents is 1. The molecular formula is C19H13BrI2N2O2. The van der Waals surface area contributed by atoms with E-state index in [0.29, 0.717) is 0 Å². The van der Waals surface area contributed by atoms with Crippen LogP contribution in [0.2, 0.25) is 0 Å². The lowest BCUT2D eigenvalue weighted by molar-refractivity contribution is -0.120. The summed E-state index contributed by atoms with van der Waals surface area (Å²) in [6, 6.07) is 15.5. The Bertz CT molecular complexity index is 999. The Balaban J connectivity index is 1.71. The zero-order valence-electron chi connectivity index (χ0n) is 13.3. The van der Waals surface area contributed by atoms with Gasteiger partial charge in [-0.3, -0.25) is 4.79 Å². The minimum absolute atomic E-state index is 0.183. The predicted octanol–water partition coefficient (Wildman–Crippen LogP) is 5.21. The second-order valence-electron chi connectivity index (χ2n) is 5.56. The monoisotopic (exact) mass is 634 g/mol. The first-order valence-electron chi connectivity index (χ1n) is 7.61. The molecule has 26 heavy (non-hydrogen) atoms. The van der Waals surface area contributed by atoms with Gasteiger partial charge < -0.3 is 5.11 Å². The molecule has 3 rings (SSSR count). The van der Waals surface area contributed by atoms with Crippen molar-refractivity contribution in [3.63, 3.8) is 0 Å². The highest BCUT2D eigenvalue weighted by Gasteiger charge is 2.08. The standard InChI is InChI=1S/C19H13BrI2N2O2/c20-15-6-5-12(13-3-1-2-4-14(13)15)9-18(25)24-23-10-11-7-16(21)19(26)17(22)8-11/h1-8,10,26H,9H2,(H,24,25)/b23-10-. The van der Waals surface area contributed by atoms with Crippen LogP contribution in [0.1, 0.15) is 11.1 Å². The Labute approximate surface area is 186 Å². The van der Waals surface area contributed by atoms with Gasteiger partial charge >= 0.3 is 0 Å². The van der Waals surface area contributed by atoms with Gasteiger partial charge in [0.2, 0.25) is 5.91 Å². The molecule has 0 aromatic heterocycles. The Morgan fingerprint density at radius 1 is 1.12 bits per heavy atom. The van der Waals surface area contributed by atoms with Gasteiger partial charge in [-0.25, -0.2) is 5.43 Å². The number of halogens is 3. The summed E-state index contributed by atoms with van der Waals surface area (Å²) >= 11 is 7.66. The van der Waals surface area contributed by atoms with Crippen molar-refractivity contribution in [1.82, 2.24) is 5.43 Å². The third kappa shape index (κ3) is 4.55. The van der Waals surface area contributed by atoms with Crippen LogP contribution in [0.15, 0.2) is 58.1 Å². The lowest BCUT2D eigenvalue weighted by atomic mass is 10.0. The number of hydrazone groups is 1. The van der Waals surface area contributed by atoms with Crippen molar-refractivity contribution >= 4 is 84.0 Å². The molecule has 0 aliphatic heterocycles. The average molecular weight is 635 g/mol. The maximum atomic E-state index is 12.2. The average Bonchev–Trinajstić information content (AvgIpc) is 2.62. The van der Waals surface area contributed by atoms with Gasteiger partial charge in [-0.05, 0) is 85.3 Å². The number of carbonyl (C=O) groups excluding carboxylic acids is 1. The summed E-state index contributed by atoms with van der Waals surface area (Å²) in [5.74, 6) is 0.0754. The first-order chi connectivity index (χ1) is 12.5. The molecule has 3 aromatic carbocycles. The highest BCUT2D eigenvalue weighted by atomic mass is 127. The summed E-state index contributed by atoms with van der Waals surface area (Å²) in [6.45, 7) is 0. The molecule has 132 valence electrons. The number of aromatic hydroxyl groups is 1. The van der Waals surface area contributed by atoms with Gasteiger partial charge in [-0.2, -0.15) is 5.10 Å². The van der Waals surface area contributed by atoms with Crippen LogP contribution in [-0.4, -0.2) is 17.2 Å². The number of hydrogen-bond donors (Lipinski definition) is 2. The molecule has 0 atom stereocenters. The topological polar surface area (TPSA) is 61.7 Å². The van der Waals surface area contributed by atoms with Gasteiger partial charge in [0.15, 0.2) is 0 Å². The fraction of sp³-hybridized carbons (Fsp3) is 0.0526. The predicted molar refractivity (Wildman–Crippen MR) is 125 cm³/mol. The van der Waals surface area contributed by atoms with Crippen molar-refractivity contribution in [2.75, 3.05) is 0 Å². The van der Waals surface area contributed by atoms with E-state index >= 15 is 0 Å². The van der Waals surface area contributed by atoms with Crippen molar-refractivity contribution in [3.8, 4) is 5.75 Å². The van der Waals surface area contributed by atoms with Gasteiger partial charge in [0, 0.05) is 4.47 Å². The van der Waals surface area contributed by atoms with E-state index in [1.54, 1.807) is 18.3 Å². The first kappa shape index (κ1) is 19.6. The SMILES string of the molecule is O=C(Cc1ccc(Br)c2ccccc12)N/N=C\c1cc(I)c(O)c(I)c1. The molecule has 0 bridgehead atoms. The smallest absolute Gasteiger partial charge is 0.244 e. The van der Waals surface area contributed by atoms with Crippen LogP contribution in [0.25, 0.3) is 10.8 Å². The number of nitrogens with one attached hydrogen (secondary N) is 1. The third-order valence-corrected chi connectivity index (χ3v) is 6.09. The fourth-order valence-electron chi connectivity index (χ4n) is 2.53. The lowest BCUT2D eigenvalue weighted by Gasteiger charge is -2.07. The van der Waals surface area contributed by atoms with Crippen molar-refractivity contribution < 1.29 is 9.90 Å². The van der Waals surface area contributed by atoms with E-state index in [1.807, 2.05) is 36.4 Å². The summed E-state index contributed by atoms with van der Waals surface area (Å²) in [5, 5.41) is 15.9. The second kappa shape index (κ2) is 8.66. The fourth-order valence-corrected chi connectivity index (χ4v) is 4.82. The summed E-state index contributed by atoms with van der Waals surface area (Å²) < 4.78 is 2.49. The highest BCUT2D eigenvalue weighted by Crippen LogP contribution is 2.28. The molecular weight excluding hydrogens is 622 g/mol. The van der Waals surface area contributed by atoms with E-state index in [9.17, 15) is 9.90 Å². The normalized spacial score (nSPS) is 11.2. The molecule has 0 heterocycles. The Hall–Kier alpha value is -1.20. The Kier molecular flexibility index (Phi) is 6.51. The van der Waals surface area contributed by atoms with E-state index in [2.05, 4.69) is 71.6 Å². The van der Waals surface area contributed by atoms with Crippen LogP contribution < -0.4 is 5.43 Å². The first-order valence-corrected chi connectivity index (χ1v) is 10.6. The van der Waals surface area contributed by atoms with Crippen LogP contribution in [0, 0.1) is 7.14 Å². The van der Waals surface area contributed by atoms with Gasteiger partial charge in [0.1, 0.15) is 5.75 Å². The number of nitrogens with zero attached hydrogens (tertiary/aromatic N) is 1. The molecule has 0 radical (unpaired) electrons. The molecule has 4 nitrogen and oxygen atoms in total. The molecule has 7 heteroatoms. The zero-order chi connectivity index (χ0) is 18.7. The van der Waals surface area contributed by atoms with E-state index in [-0.39, 0.29) is 18.1 Å². The molecule has 0 spiro atoms. The van der Waals surface area contributed by atoms with Gasteiger partial charge in [0.05, 0.1) is 19.8 Å². The summed E-state index contributed by atoms with van der Waals surface area (Å²) in [7, 11) is 0. The second-order valence-corrected chi connectivity index (χ2v) is 8.73. The van der Waals surface area contributed by atoms with Gasteiger partial charge in [-0.15, -0.1) is 0 Å². The summed E-state index contributed by atoms with van der Waals surface area (Å²) in [6.07, 6.45) is 1.82. The molecule has 0 aliphatic carbocycles. The maximum Gasteiger partial charge on any atom is 0.244 e. The van der Waals surface area contributed by atoms with E-state index in [0.717, 1.165) is 33.5 Å². The van der Waals surface area contributed by atoms with E-state index in [4.69, 9.17) is 0 Å². The molecule has 3 aromatic rings. The molecule has 0 aliphatic rings. The third-order valence-electron chi connectivity index (χ3n) is 3.75. The van der Waals surface area contributed by atoms with Crippen molar-refractivity contribution in [3.05, 3.63) is 71.3 Å². The summed E-state index contributed by atoms with van der Waals surface area (Å²) in [4.78, 5) is 12.2. The lowest BCUT2D eigenvalue weighted by Crippen LogP contribution is -2.20. The Morgan fingerprint density at radius 2 is 1.77 bits per heavy atom. The van der Waals surface area contributed by atoms with Crippen LogP contribution in [0.4, 0.5) is 0 Å². The van der Waals surface area contributed by atoms with Crippen molar-refractivity contribution in [1.29, 1.82) is 0 Å².